The van der Waals surface area contributed by atoms with Crippen LogP contribution in [0.3, 0.4) is 0 Å². The van der Waals surface area contributed by atoms with Crippen LogP contribution in [-0.2, 0) is 4.74 Å². The van der Waals surface area contributed by atoms with Gasteiger partial charge in [-0.3, -0.25) is 0 Å². The lowest BCUT2D eigenvalue weighted by molar-refractivity contribution is -0.360. The van der Waals surface area contributed by atoms with Crippen LogP contribution >= 0.6 is 27.5 Å². The summed E-state index contributed by atoms with van der Waals surface area (Å²) in [6.07, 6.45) is 0.394. The molecule has 0 spiro atoms. The van der Waals surface area contributed by atoms with E-state index < -0.39 is 29.0 Å². The van der Waals surface area contributed by atoms with Gasteiger partial charge >= 0.3 is 0 Å². The molecule has 0 saturated carbocycles. The highest BCUT2D eigenvalue weighted by atomic mass is 79.9. The van der Waals surface area contributed by atoms with E-state index in [0.29, 0.717) is 20.6 Å². The number of aliphatic hydroxyl groups is 3. The number of hydrogen-bond donors (Lipinski definition) is 4. The second kappa shape index (κ2) is 6.36. The third-order valence-corrected chi connectivity index (χ3v) is 7.15. The largest absolute Gasteiger partial charge is 0.459 e. The molecule has 2 aromatic rings. The van der Waals surface area contributed by atoms with Crippen molar-refractivity contribution in [1.29, 1.82) is 0 Å². The van der Waals surface area contributed by atoms with Crippen LogP contribution in [0, 0.1) is 5.92 Å². The van der Waals surface area contributed by atoms with E-state index in [1.54, 1.807) is 20.0 Å². The van der Waals surface area contributed by atoms with E-state index >= 15 is 0 Å². The molecule has 26 heavy (non-hydrogen) atoms. The Hall–Kier alpha value is -0.830. The van der Waals surface area contributed by atoms with Gasteiger partial charge in [0.05, 0.1) is 28.1 Å². The first-order chi connectivity index (χ1) is 12.0. The molecule has 4 N–H and O–H groups in total. The average Bonchev–Trinajstić information content (AvgIpc) is 2.99. The van der Waals surface area contributed by atoms with Gasteiger partial charge in [-0.15, -0.1) is 0 Å². The van der Waals surface area contributed by atoms with Crippen molar-refractivity contribution in [3.05, 3.63) is 27.8 Å². The van der Waals surface area contributed by atoms with Gasteiger partial charge in [-0.1, -0.05) is 18.5 Å². The summed E-state index contributed by atoms with van der Waals surface area (Å²) in [5.74, 6) is -0.169. The van der Waals surface area contributed by atoms with E-state index in [4.69, 9.17) is 21.1 Å². The maximum atomic E-state index is 11.0. The summed E-state index contributed by atoms with van der Waals surface area (Å²) in [6, 6.07) is 3.65. The molecule has 8 heteroatoms. The number of fused-ring (bicyclic) bond motifs is 1. The van der Waals surface area contributed by atoms with Gasteiger partial charge in [-0.25, -0.2) is 0 Å². The van der Waals surface area contributed by atoms with Crippen molar-refractivity contribution in [2.75, 3.05) is 6.61 Å². The summed E-state index contributed by atoms with van der Waals surface area (Å²) in [4.78, 5) is 3.06. The SMILES string of the molecule is CC1C(C)(CO)OC(Oc2c[nH]c3ccc(Br)c(Cl)c23)C(C)(O)C1(C)O. The number of hydrogen-bond acceptors (Lipinski definition) is 5. The Balaban J connectivity index is 2.05. The molecule has 5 atom stereocenters. The Morgan fingerprint density at radius 1 is 1.27 bits per heavy atom. The van der Waals surface area contributed by atoms with Gasteiger partial charge in [0.15, 0.2) is 5.60 Å². The van der Waals surface area contributed by atoms with Crippen LogP contribution in [-0.4, -0.2) is 50.0 Å². The van der Waals surface area contributed by atoms with E-state index in [0.717, 1.165) is 5.52 Å². The lowest BCUT2D eigenvalue weighted by Gasteiger charge is -2.56. The third-order valence-electron chi connectivity index (χ3n) is 5.87. The molecule has 0 bridgehead atoms. The van der Waals surface area contributed by atoms with Gasteiger partial charge in [0.25, 0.3) is 0 Å². The van der Waals surface area contributed by atoms with Crippen molar-refractivity contribution in [3.63, 3.8) is 0 Å². The number of benzene rings is 1. The molecule has 1 aliphatic rings. The number of nitrogens with one attached hydrogen (secondary N) is 1. The number of halogens is 2. The summed E-state index contributed by atoms with van der Waals surface area (Å²) in [5, 5.41) is 32.9. The van der Waals surface area contributed by atoms with Crippen molar-refractivity contribution in [3.8, 4) is 5.75 Å². The number of H-pyrrole nitrogens is 1. The first-order valence-electron chi connectivity index (χ1n) is 8.31. The summed E-state index contributed by atoms with van der Waals surface area (Å²) in [7, 11) is 0. The predicted molar refractivity (Wildman–Crippen MR) is 102 cm³/mol. The highest BCUT2D eigenvalue weighted by Crippen LogP contribution is 2.47. The predicted octanol–water partition coefficient (Wildman–Crippen LogP) is 3.21. The lowest BCUT2D eigenvalue weighted by atomic mass is 9.67. The Labute approximate surface area is 165 Å². The molecule has 0 radical (unpaired) electrons. The van der Waals surface area contributed by atoms with Crippen LogP contribution in [0.5, 0.6) is 5.75 Å². The van der Waals surface area contributed by atoms with Crippen LogP contribution < -0.4 is 4.74 Å². The van der Waals surface area contributed by atoms with Crippen LogP contribution in [0.15, 0.2) is 22.8 Å². The Kier molecular flexibility index (Phi) is 4.87. The highest BCUT2D eigenvalue weighted by molar-refractivity contribution is 9.10. The molecule has 1 aromatic carbocycles. The molecule has 5 unspecified atom stereocenters. The third kappa shape index (κ3) is 2.77. The lowest BCUT2D eigenvalue weighted by Crippen LogP contribution is -2.73. The molecule has 3 rings (SSSR count). The fraction of sp³-hybridized carbons (Fsp3) is 0.556. The molecule has 1 fully saturated rings. The second-order valence-corrected chi connectivity index (χ2v) is 8.72. The van der Waals surface area contributed by atoms with Crippen LogP contribution in [0.1, 0.15) is 27.7 Å². The summed E-state index contributed by atoms with van der Waals surface area (Å²) < 4.78 is 12.6. The minimum Gasteiger partial charge on any atom is -0.459 e. The van der Waals surface area contributed by atoms with Crippen molar-refractivity contribution in [2.45, 2.75) is 50.8 Å². The Bertz CT molecular complexity index is 836. The van der Waals surface area contributed by atoms with Gasteiger partial charge < -0.3 is 29.8 Å². The van der Waals surface area contributed by atoms with E-state index in [-0.39, 0.29) is 6.61 Å². The summed E-state index contributed by atoms with van der Waals surface area (Å²) >= 11 is 9.77. The Morgan fingerprint density at radius 2 is 1.92 bits per heavy atom. The maximum Gasteiger partial charge on any atom is 0.232 e. The molecule has 0 amide bonds. The van der Waals surface area contributed by atoms with Crippen molar-refractivity contribution < 1.29 is 24.8 Å². The first kappa shape index (κ1) is 19.9. The molecule has 0 aliphatic carbocycles. The fourth-order valence-corrected chi connectivity index (χ4v) is 3.97. The second-order valence-electron chi connectivity index (χ2n) is 7.49. The van der Waals surface area contributed by atoms with Crippen molar-refractivity contribution in [2.24, 2.45) is 5.92 Å². The van der Waals surface area contributed by atoms with E-state index in [2.05, 4.69) is 20.9 Å². The number of aromatic amines is 1. The van der Waals surface area contributed by atoms with Gasteiger partial charge in [-0.05, 0) is 48.8 Å². The number of aromatic nitrogens is 1. The standard InChI is InChI=1S/C18H23BrClNO5/c1-9-16(2,8-22)26-15(18(4,24)17(9,3)23)25-12-7-21-11-6-5-10(19)14(20)13(11)12/h5-7,9,15,21-24H,8H2,1-4H3. The number of aliphatic hydroxyl groups excluding tert-OH is 1. The van der Waals surface area contributed by atoms with Gasteiger partial charge in [0.1, 0.15) is 11.4 Å². The molecule has 2 heterocycles. The molecule has 1 aromatic heterocycles. The van der Waals surface area contributed by atoms with Crippen LogP contribution in [0.4, 0.5) is 0 Å². The van der Waals surface area contributed by atoms with Crippen molar-refractivity contribution in [1.82, 2.24) is 4.98 Å². The molecular formula is C18H23BrClNO5. The minimum absolute atomic E-state index is 0.333. The van der Waals surface area contributed by atoms with Crippen LogP contribution in [0.2, 0.25) is 5.02 Å². The first-order valence-corrected chi connectivity index (χ1v) is 9.48. The van der Waals surface area contributed by atoms with Crippen molar-refractivity contribution >= 4 is 38.4 Å². The zero-order valence-electron chi connectivity index (χ0n) is 15.0. The summed E-state index contributed by atoms with van der Waals surface area (Å²) in [5.41, 5.74) is -3.63. The number of rotatable bonds is 3. The molecule has 6 nitrogen and oxygen atoms in total. The minimum atomic E-state index is -1.73. The molecular weight excluding hydrogens is 426 g/mol. The highest BCUT2D eigenvalue weighted by Gasteiger charge is 2.63. The van der Waals surface area contributed by atoms with E-state index in [1.165, 1.54) is 13.8 Å². The Morgan fingerprint density at radius 3 is 2.54 bits per heavy atom. The maximum absolute atomic E-state index is 11.0. The smallest absolute Gasteiger partial charge is 0.232 e. The monoisotopic (exact) mass is 447 g/mol. The normalized spacial score (nSPS) is 37.9. The quantitative estimate of drug-likeness (QED) is 0.578. The zero-order valence-corrected chi connectivity index (χ0v) is 17.3. The average molecular weight is 449 g/mol. The van der Waals surface area contributed by atoms with Gasteiger partial charge in [0, 0.05) is 16.6 Å². The number of ether oxygens (including phenoxy) is 2. The zero-order chi connectivity index (χ0) is 19.5. The van der Waals surface area contributed by atoms with Crippen LogP contribution in [0.25, 0.3) is 10.9 Å². The fourth-order valence-electron chi connectivity index (χ4n) is 3.38. The molecule has 1 saturated heterocycles. The molecule has 1 aliphatic heterocycles. The molecule has 144 valence electrons. The van der Waals surface area contributed by atoms with Gasteiger partial charge in [-0.2, -0.15) is 0 Å². The van der Waals surface area contributed by atoms with Gasteiger partial charge in [0.2, 0.25) is 6.29 Å². The topological polar surface area (TPSA) is 94.9 Å². The van der Waals surface area contributed by atoms with E-state index in [9.17, 15) is 15.3 Å². The van der Waals surface area contributed by atoms with E-state index in [1.807, 2.05) is 12.1 Å². The summed E-state index contributed by atoms with van der Waals surface area (Å²) in [6.45, 7) is 6.04.